The molecule has 0 fully saturated rings. The maximum absolute atomic E-state index is 11.7. The van der Waals surface area contributed by atoms with E-state index in [1.165, 1.54) is 14.2 Å². The standard InChI is InChI=1S/C20H20N2O5/c1-26-15-7-10(8-16(27-2)19(15)23)17-18-12(9-14(22-17)20(24)25)11-5-3-4-6-13(11)21-18/h3-8,14,17,21-23H,9H2,1-2H3,(H,24,25)/t14-,17+/m0/s1. The van der Waals surface area contributed by atoms with E-state index in [1.807, 2.05) is 24.3 Å². The van der Waals surface area contributed by atoms with Gasteiger partial charge in [0.15, 0.2) is 17.5 Å². The Kier molecular flexibility index (Phi) is 4.16. The van der Waals surface area contributed by atoms with Crippen LogP contribution in [0.3, 0.4) is 0 Å². The fourth-order valence-electron chi connectivity index (χ4n) is 3.86. The van der Waals surface area contributed by atoms with Crippen molar-refractivity contribution >= 4 is 16.9 Å². The zero-order valence-electron chi connectivity index (χ0n) is 15.0. The van der Waals surface area contributed by atoms with Gasteiger partial charge >= 0.3 is 0 Å². The normalized spacial score (nSPS) is 18.9. The van der Waals surface area contributed by atoms with Crippen LogP contribution in [0, 0.1) is 0 Å². The predicted octanol–water partition coefficient (Wildman–Crippen LogP) is 0.218. The van der Waals surface area contributed by atoms with Crippen LogP contribution in [-0.2, 0) is 11.2 Å². The molecule has 0 bridgehead atoms. The first-order chi connectivity index (χ1) is 13.0. The lowest BCUT2D eigenvalue weighted by atomic mass is 9.90. The van der Waals surface area contributed by atoms with Crippen molar-refractivity contribution in [3.05, 3.63) is 53.2 Å². The summed E-state index contributed by atoms with van der Waals surface area (Å²) in [6.45, 7) is 0. The number of aliphatic carboxylic acids is 1. The number of aromatic hydroxyl groups is 1. The van der Waals surface area contributed by atoms with Crippen LogP contribution in [0.1, 0.15) is 22.9 Å². The number of quaternary nitrogens is 1. The molecule has 7 nitrogen and oxygen atoms in total. The van der Waals surface area contributed by atoms with E-state index < -0.39 is 12.0 Å². The molecule has 1 aliphatic rings. The van der Waals surface area contributed by atoms with Crippen LogP contribution < -0.4 is 19.9 Å². The molecule has 140 valence electrons. The van der Waals surface area contributed by atoms with Crippen molar-refractivity contribution in [1.29, 1.82) is 0 Å². The monoisotopic (exact) mass is 368 g/mol. The number of hydrogen-bond donors (Lipinski definition) is 3. The van der Waals surface area contributed by atoms with Gasteiger partial charge in [-0.2, -0.15) is 0 Å². The summed E-state index contributed by atoms with van der Waals surface area (Å²) < 4.78 is 10.5. The molecule has 7 heteroatoms. The number of H-pyrrole nitrogens is 1. The molecule has 2 heterocycles. The molecule has 0 saturated carbocycles. The largest absolute Gasteiger partial charge is 0.544 e. The van der Waals surface area contributed by atoms with E-state index in [-0.39, 0.29) is 23.3 Å². The van der Waals surface area contributed by atoms with E-state index >= 15 is 0 Å². The quantitative estimate of drug-likeness (QED) is 0.610. The SMILES string of the molecule is COc1cc([C@H]2[NH2+][C@H](C(=O)[O-])Cc3c2[nH]c2ccccc32)cc(OC)c1O. The van der Waals surface area contributed by atoms with Gasteiger partial charge in [-0.05, 0) is 23.8 Å². The van der Waals surface area contributed by atoms with Crippen molar-refractivity contribution in [3.8, 4) is 17.2 Å². The first-order valence-corrected chi connectivity index (χ1v) is 8.63. The summed E-state index contributed by atoms with van der Waals surface area (Å²) >= 11 is 0. The zero-order chi connectivity index (χ0) is 19.1. The van der Waals surface area contributed by atoms with Gasteiger partial charge in [0, 0.05) is 22.9 Å². The van der Waals surface area contributed by atoms with Crippen molar-refractivity contribution in [2.75, 3.05) is 14.2 Å². The molecule has 0 amide bonds. The Balaban J connectivity index is 1.91. The molecule has 0 unspecified atom stereocenters. The number of carbonyl (C=O) groups excluding carboxylic acids is 1. The molecule has 3 aromatic rings. The third kappa shape index (κ3) is 2.76. The maximum atomic E-state index is 11.7. The van der Waals surface area contributed by atoms with Crippen LogP contribution in [0.5, 0.6) is 17.2 Å². The molecular formula is C20H20N2O5. The van der Waals surface area contributed by atoms with Gasteiger partial charge in [0.1, 0.15) is 6.04 Å². The molecule has 1 aromatic heterocycles. The minimum Gasteiger partial charge on any atom is -0.544 e. The highest BCUT2D eigenvalue weighted by Gasteiger charge is 2.35. The molecule has 0 radical (unpaired) electrons. The van der Waals surface area contributed by atoms with E-state index in [9.17, 15) is 15.0 Å². The number of carboxylic acids is 1. The Morgan fingerprint density at radius 1 is 1.22 bits per heavy atom. The van der Waals surface area contributed by atoms with Crippen LogP contribution in [0.2, 0.25) is 0 Å². The lowest BCUT2D eigenvalue weighted by Crippen LogP contribution is -2.95. The Morgan fingerprint density at radius 3 is 2.52 bits per heavy atom. The van der Waals surface area contributed by atoms with Gasteiger partial charge in [-0.15, -0.1) is 0 Å². The van der Waals surface area contributed by atoms with Gasteiger partial charge in [-0.1, -0.05) is 18.2 Å². The number of phenolic OH excluding ortho intramolecular Hbond substituents is 1. The Bertz CT molecular complexity index is 1000. The number of benzene rings is 2. The highest BCUT2D eigenvalue weighted by molar-refractivity contribution is 5.86. The van der Waals surface area contributed by atoms with Gasteiger partial charge in [0.05, 0.1) is 25.9 Å². The number of ether oxygens (including phenoxy) is 2. The zero-order valence-corrected chi connectivity index (χ0v) is 15.0. The molecule has 2 atom stereocenters. The third-order valence-corrected chi connectivity index (χ3v) is 5.17. The topological polar surface area (TPSA) is 111 Å². The fraction of sp³-hybridized carbons (Fsp3) is 0.250. The lowest BCUT2D eigenvalue weighted by Gasteiger charge is -2.29. The van der Waals surface area contributed by atoms with Gasteiger partial charge in [0.2, 0.25) is 5.75 Å². The second kappa shape index (κ2) is 6.51. The van der Waals surface area contributed by atoms with Crippen LogP contribution in [0.25, 0.3) is 10.9 Å². The van der Waals surface area contributed by atoms with Gasteiger partial charge in [0.25, 0.3) is 0 Å². The summed E-state index contributed by atoms with van der Waals surface area (Å²) in [5.74, 6) is -0.654. The number of nitrogens with two attached hydrogens (primary N) is 1. The van der Waals surface area contributed by atoms with Crippen LogP contribution in [0.15, 0.2) is 36.4 Å². The summed E-state index contributed by atoms with van der Waals surface area (Å²) in [5, 5.41) is 24.6. The Hall–Kier alpha value is -3.19. The van der Waals surface area contributed by atoms with E-state index in [0.29, 0.717) is 6.42 Å². The molecule has 27 heavy (non-hydrogen) atoms. The summed E-state index contributed by atoms with van der Waals surface area (Å²) in [6, 6.07) is 10.2. The number of carbonyl (C=O) groups is 1. The van der Waals surface area contributed by atoms with Crippen LogP contribution in [0.4, 0.5) is 0 Å². The van der Waals surface area contributed by atoms with Crippen molar-refractivity contribution < 1.29 is 29.8 Å². The number of nitrogens with one attached hydrogen (secondary N) is 1. The molecule has 0 aliphatic carbocycles. The summed E-state index contributed by atoms with van der Waals surface area (Å²) in [5.41, 5.74) is 3.62. The third-order valence-electron chi connectivity index (χ3n) is 5.17. The number of hydrogen-bond acceptors (Lipinski definition) is 5. The van der Waals surface area contributed by atoms with E-state index in [2.05, 4.69) is 4.98 Å². The first-order valence-electron chi connectivity index (χ1n) is 8.63. The number of aromatic amines is 1. The highest BCUT2D eigenvalue weighted by Crippen LogP contribution is 2.40. The fourth-order valence-corrected chi connectivity index (χ4v) is 3.86. The van der Waals surface area contributed by atoms with Crippen molar-refractivity contribution in [3.63, 3.8) is 0 Å². The molecule has 0 saturated heterocycles. The molecule has 4 rings (SSSR count). The molecule has 1 aliphatic heterocycles. The molecule has 0 spiro atoms. The second-order valence-corrected chi connectivity index (χ2v) is 6.64. The van der Waals surface area contributed by atoms with Crippen molar-refractivity contribution in [2.45, 2.75) is 18.5 Å². The van der Waals surface area contributed by atoms with E-state index in [1.54, 1.807) is 17.4 Å². The Morgan fingerprint density at radius 2 is 1.89 bits per heavy atom. The van der Waals surface area contributed by atoms with E-state index in [4.69, 9.17) is 9.47 Å². The molecule has 4 N–H and O–H groups in total. The molecular weight excluding hydrogens is 348 g/mol. The molecule has 2 aromatic carbocycles. The number of methoxy groups -OCH3 is 2. The first kappa shape index (κ1) is 17.2. The maximum Gasteiger partial charge on any atom is 0.200 e. The number of carboxylic acid groups (broad SMARTS) is 1. The number of fused-ring (bicyclic) bond motifs is 3. The summed E-state index contributed by atoms with van der Waals surface area (Å²) in [7, 11) is 2.92. The van der Waals surface area contributed by atoms with Crippen LogP contribution >= 0.6 is 0 Å². The number of aromatic nitrogens is 1. The second-order valence-electron chi connectivity index (χ2n) is 6.64. The average molecular weight is 368 g/mol. The summed E-state index contributed by atoms with van der Waals surface area (Å²) in [6.07, 6.45) is 0.379. The van der Waals surface area contributed by atoms with Gasteiger partial charge < -0.3 is 34.8 Å². The van der Waals surface area contributed by atoms with Gasteiger partial charge in [-0.3, -0.25) is 0 Å². The number of phenols is 1. The number of para-hydroxylation sites is 1. The average Bonchev–Trinajstić information content (AvgIpc) is 3.06. The minimum absolute atomic E-state index is 0.0899. The highest BCUT2D eigenvalue weighted by atomic mass is 16.5. The van der Waals surface area contributed by atoms with Gasteiger partial charge in [-0.25, -0.2) is 0 Å². The number of rotatable bonds is 4. The predicted molar refractivity (Wildman–Crippen MR) is 95.8 cm³/mol. The minimum atomic E-state index is -1.10. The summed E-state index contributed by atoms with van der Waals surface area (Å²) in [4.78, 5) is 15.1. The van der Waals surface area contributed by atoms with Crippen molar-refractivity contribution in [1.82, 2.24) is 4.98 Å². The Labute approximate surface area is 155 Å². The smallest absolute Gasteiger partial charge is 0.200 e. The lowest BCUT2D eigenvalue weighted by molar-refractivity contribution is -0.717. The van der Waals surface area contributed by atoms with Crippen LogP contribution in [-0.4, -0.2) is 36.3 Å². The van der Waals surface area contributed by atoms with E-state index in [0.717, 1.165) is 27.7 Å². The van der Waals surface area contributed by atoms with Crippen molar-refractivity contribution in [2.24, 2.45) is 0 Å².